The van der Waals surface area contributed by atoms with Gasteiger partial charge in [0.05, 0.1) is 23.6 Å². The van der Waals surface area contributed by atoms with Gasteiger partial charge >= 0.3 is 0 Å². The fourth-order valence-electron chi connectivity index (χ4n) is 4.11. The topological polar surface area (TPSA) is 47.4 Å². The van der Waals surface area contributed by atoms with Crippen LogP contribution in [0.25, 0.3) is 10.9 Å². The van der Waals surface area contributed by atoms with Gasteiger partial charge < -0.3 is 9.64 Å². The van der Waals surface area contributed by atoms with Crippen LogP contribution in [-0.4, -0.2) is 29.8 Å². The zero-order chi connectivity index (χ0) is 23.4. The van der Waals surface area contributed by atoms with E-state index < -0.39 is 0 Å². The minimum absolute atomic E-state index is 0.0903. The number of hydrogen-bond acceptors (Lipinski definition) is 4. The monoisotopic (exact) mass is 445 g/mol. The van der Waals surface area contributed by atoms with Crippen molar-refractivity contribution in [2.24, 2.45) is 0 Å². The van der Waals surface area contributed by atoms with Crippen LogP contribution in [0.4, 0.5) is 15.8 Å². The number of anilines is 2. The van der Waals surface area contributed by atoms with Gasteiger partial charge in [-0.15, -0.1) is 0 Å². The molecule has 0 spiro atoms. The Balaban J connectivity index is 1.77. The molecule has 0 amide bonds. The molecule has 4 aromatic rings. The van der Waals surface area contributed by atoms with Gasteiger partial charge in [0.2, 0.25) is 0 Å². The second-order valence-corrected chi connectivity index (χ2v) is 8.07. The van der Waals surface area contributed by atoms with Crippen LogP contribution >= 0.6 is 0 Å². The van der Waals surface area contributed by atoms with Gasteiger partial charge in [0, 0.05) is 25.0 Å². The smallest absolute Gasteiger partial charge is 0.261 e. The van der Waals surface area contributed by atoms with Crippen molar-refractivity contribution in [1.29, 1.82) is 0 Å². The third-order valence-corrected chi connectivity index (χ3v) is 5.86. The Hall–Kier alpha value is -3.51. The number of aromatic nitrogens is 2. The highest BCUT2D eigenvalue weighted by Gasteiger charge is 2.19. The molecule has 0 fully saturated rings. The molecule has 1 aromatic heterocycles. The summed E-state index contributed by atoms with van der Waals surface area (Å²) in [7, 11) is 1.89. The minimum Gasteiger partial charge on any atom is -0.380 e. The first-order chi connectivity index (χ1) is 16.0. The number of fused-ring (bicyclic) bond motifs is 1. The molecule has 0 aliphatic carbocycles. The molecule has 170 valence electrons. The van der Waals surface area contributed by atoms with Crippen molar-refractivity contribution in [3.8, 4) is 0 Å². The lowest BCUT2D eigenvalue weighted by molar-refractivity contribution is 0.111. The number of nitrogens with zero attached hydrogens (tertiary/aromatic N) is 3. The lowest BCUT2D eigenvalue weighted by atomic mass is 10.1. The average molecular weight is 446 g/mol. The van der Waals surface area contributed by atoms with Crippen LogP contribution in [0.2, 0.25) is 0 Å². The van der Waals surface area contributed by atoms with Crippen LogP contribution in [0.5, 0.6) is 0 Å². The van der Waals surface area contributed by atoms with E-state index in [1.54, 1.807) is 16.7 Å². The largest absolute Gasteiger partial charge is 0.380 e. The Morgan fingerprint density at radius 2 is 1.73 bits per heavy atom. The van der Waals surface area contributed by atoms with E-state index in [1.807, 2.05) is 62.2 Å². The van der Waals surface area contributed by atoms with Crippen molar-refractivity contribution < 1.29 is 9.13 Å². The summed E-state index contributed by atoms with van der Waals surface area (Å²) in [5.41, 5.74) is 3.35. The molecule has 0 saturated carbocycles. The van der Waals surface area contributed by atoms with Gasteiger partial charge in [-0.05, 0) is 68.3 Å². The van der Waals surface area contributed by atoms with E-state index >= 15 is 0 Å². The first-order valence-corrected chi connectivity index (χ1v) is 11.1. The molecule has 0 saturated heterocycles. The van der Waals surface area contributed by atoms with Crippen LogP contribution in [-0.2, 0) is 11.2 Å². The van der Waals surface area contributed by atoms with E-state index in [2.05, 4.69) is 12.1 Å². The summed E-state index contributed by atoms with van der Waals surface area (Å²) in [5, 5.41) is 0.543. The summed E-state index contributed by atoms with van der Waals surface area (Å²) in [5.74, 6) is 0.375. The van der Waals surface area contributed by atoms with Crippen molar-refractivity contribution in [2.75, 3.05) is 25.2 Å². The molecular formula is C27H28FN3O2. The number of benzene rings is 3. The molecule has 3 aromatic carbocycles. The van der Waals surface area contributed by atoms with E-state index in [0.717, 1.165) is 16.9 Å². The molecule has 0 aliphatic heterocycles. The summed E-state index contributed by atoms with van der Waals surface area (Å²) in [6.45, 7) is 4.82. The Morgan fingerprint density at radius 3 is 2.42 bits per heavy atom. The molecule has 0 bridgehead atoms. The second-order valence-electron chi connectivity index (χ2n) is 8.07. The number of aryl methyl sites for hydroxylation is 1. The third-order valence-electron chi connectivity index (χ3n) is 5.86. The molecule has 6 heteroatoms. The third kappa shape index (κ3) is 4.96. The SMILES string of the molecule is CCOC[C@@H](Cc1ccccc1)n1c(C)nc2ccc(N(C)c3ccc(F)cc3)cc2c1=O. The number of rotatable bonds is 8. The molecule has 0 N–H and O–H groups in total. The van der Waals surface area contributed by atoms with Crippen LogP contribution in [0.3, 0.4) is 0 Å². The molecule has 0 aliphatic rings. The quantitative estimate of drug-likeness (QED) is 0.363. The van der Waals surface area contributed by atoms with Crippen LogP contribution in [0.15, 0.2) is 77.6 Å². The molecular weight excluding hydrogens is 417 g/mol. The van der Waals surface area contributed by atoms with Crippen molar-refractivity contribution in [2.45, 2.75) is 26.3 Å². The van der Waals surface area contributed by atoms with E-state index in [0.29, 0.717) is 36.4 Å². The zero-order valence-electron chi connectivity index (χ0n) is 19.2. The molecule has 0 radical (unpaired) electrons. The molecule has 0 unspecified atom stereocenters. The van der Waals surface area contributed by atoms with Gasteiger partial charge in [-0.25, -0.2) is 9.37 Å². The van der Waals surface area contributed by atoms with Crippen molar-refractivity contribution >= 4 is 22.3 Å². The maximum atomic E-state index is 13.7. The highest BCUT2D eigenvalue weighted by molar-refractivity contribution is 5.83. The molecule has 4 rings (SSSR count). The van der Waals surface area contributed by atoms with Gasteiger partial charge in [-0.2, -0.15) is 0 Å². The van der Waals surface area contributed by atoms with E-state index in [9.17, 15) is 9.18 Å². The Labute approximate surface area is 193 Å². The Kier molecular flexibility index (Phi) is 6.84. The number of hydrogen-bond donors (Lipinski definition) is 0. The normalized spacial score (nSPS) is 12.1. The van der Waals surface area contributed by atoms with E-state index in [4.69, 9.17) is 9.72 Å². The van der Waals surface area contributed by atoms with Gasteiger partial charge in [0.25, 0.3) is 5.56 Å². The van der Waals surface area contributed by atoms with Crippen molar-refractivity contribution in [3.05, 3.63) is 100 Å². The predicted octanol–water partition coefficient (Wildman–Crippen LogP) is 5.43. The summed E-state index contributed by atoms with van der Waals surface area (Å²) in [4.78, 5) is 20.4. The fraction of sp³-hybridized carbons (Fsp3) is 0.259. The lowest BCUT2D eigenvalue weighted by Crippen LogP contribution is -2.32. The summed E-state index contributed by atoms with van der Waals surface area (Å²) >= 11 is 0. The standard InChI is InChI=1S/C27H28FN3O2/c1-4-33-18-24(16-20-8-6-5-7-9-20)31-19(2)29-26-15-14-23(17-25(26)27(31)32)30(3)22-12-10-21(28)11-13-22/h5-15,17,24H,4,16,18H2,1-3H3/t24-/m1/s1. The van der Waals surface area contributed by atoms with Gasteiger partial charge in [-0.1, -0.05) is 30.3 Å². The van der Waals surface area contributed by atoms with Crippen LogP contribution < -0.4 is 10.5 Å². The number of halogens is 1. The Bertz CT molecular complexity index is 1290. The highest BCUT2D eigenvalue weighted by Crippen LogP contribution is 2.26. The minimum atomic E-state index is -0.285. The van der Waals surface area contributed by atoms with E-state index in [-0.39, 0.29) is 17.4 Å². The van der Waals surface area contributed by atoms with Gasteiger partial charge in [0.1, 0.15) is 11.6 Å². The average Bonchev–Trinajstić information content (AvgIpc) is 2.83. The van der Waals surface area contributed by atoms with Gasteiger partial charge in [-0.3, -0.25) is 9.36 Å². The first-order valence-electron chi connectivity index (χ1n) is 11.1. The maximum absolute atomic E-state index is 13.7. The van der Waals surface area contributed by atoms with Crippen LogP contribution in [0.1, 0.15) is 24.4 Å². The zero-order valence-corrected chi connectivity index (χ0v) is 19.2. The summed E-state index contributed by atoms with van der Waals surface area (Å²) < 4.78 is 20.8. The molecule has 33 heavy (non-hydrogen) atoms. The Morgan fingerprint density at radius 1 is 1.03 bits per heavy atom. The maximum Gasteiger partial charge on any atom is 0.261 e. The molecule has 5 nitrogen and oxygen atoms in total. The predicted molar refractivity (Wildman–Crippen MR) is 131 cm³/mol. The highest BCUT2D eigenvalue weighted by atomic mass is 19.1. The van der Waals surface area contributed by atoms with Gasteiger partial charge in [0.15, 0.2) is 0 Å². The van der Waals surface area contributed by atoms with Crippen molar-refractivity contribution in [1.82, 2.24) is 9.55 Å². The summed E-state index contributed by atoms with van der Waals surface area (Å²) in [6, 6.07) is 21.8. The van der Waals surface area contributed by atoms with E-state index in [1.165, 1.54) is 12.1 Å². The number of ether oxygens (including phenoxy) is 1. The second kappa shape index (κ2) is 9.96. The van der Waals surface area contributed by atoms with Crippen LogP contribution in [0, 0.1) is 12.7 Å². The fourth-order valence-corrected chi connectivity index (χ4v) is 4.11. The molecule has 1 heterocycles. The first kappa shape index (κ1) is 22.7. The summed E-state index contributed by atoms with van der Waals surface area (Å²) in [6.07, 6.45) is 0.671. The lowest BCUT2D eigenvalue weighted by Gasteiger charge is -2.23. The molecule has 1 atom stereocenters. The van der Waals surface area contributed by atoms with Crippen molar-refractivity contribution in [3.63, 3.8) is 0 Å².